The zero-order valence-electron chi connectivity index (χ0n) is 13.0. The molecule has 2 amide bonds. The van der Waals surface area contributed by atoms with Crippen LogP contribution in [-0.2, 0) is 19.1 Å². The Morgan fingerprint density at radius 3 is 2.52 bits per heavy atom. The van der Waals surface area contributed by atoms with Crippen LogP contribution in [0.3, 0.4) is 0 Å². The topological polar surface area (TPSA) is 87.7 Å². The molecule has 1 saturated heterocycles. The molecule has 1 rings (SSSR count). The Kier molecular flexibility index (Phi) is 7.14. The molecule has 1 fully saturated rings. The molecular weight excluding hydrogens is 274 g/mol. The smallest absolute Gasteiger partial charge is 0.325 e. The number of carbonyl (C=O) groups is 3. The van der Waals surface area contributed by atoms with E-state index in [1.165, 1.54) is 12.0 Å². The average Bonchev–Trinajstić information content (AvgIpc) is 2.51. The molecule has 7 heteroatoms. The monoisotopic (exact) mass is 299 g/mol. The van der Waals surface area contributed by atoms with Gasteiger partial charge in [0.2, 0.25) is 11.8 Å². The van der Waals surface area contributed by atoms with Gasteiger partial charge in [-0.2, -0.15) is 0 Å². The molecule has 0 bridgehead atoms. The quantitative estimate of drug-likeness (QED) is 0.620. The number of piperazine rings is 1. The van der Waals surface area contributed by atoms with Crippen molar-refractivity contribution < 1.29 is 19.1 Å². The van der Waals surface area contributed by atoms with E-state index in [-0.39, 0.29) is 31.4 Å². The second-order valence-corrected chi connectivity index (χ2v) is 5.21. The summed E-state index contributed by atoms with van der Waals surface area (Å²) in [6.45, 7) is 4.96. The number of rotatable bonds is 7. The maximum atomic E-state index is 12.5. The van der Waals surface area contributed by atoms with Gasteiger partial charge in [0.05, 0.1) is 13.7 Å². The zero-order chi connectivity index (χ0) is 15.8. The number of amides is 2. The maximum Gasteiger partial charge on any atom is 0.325 e. The van der Waals surface area contributed by atoms with Crippen molar-refractivity contribution in [3.05, 3.63) is 0 Å². The van der Waals surface area contributed by atoms with E-state index in [2.05, 4.69) is 29.2 Å². The van der Waals surface area contributed by atoms with Crippen LogP contribution in [0.5, 0.6) is 0 Å². The molecule has 1 aliphatic rings. The number of nitrogens with one attached hydrogen (secondary N) is 2. The summed E-state index contributed by atoms with van der Waals surface area (Å²) in [5.74, 6) is -0.392. The van der Waals surface area contributed by atoms with Gasteiger partial charge in [-0.15, -0.1) is 0 Å². The van der Waals surface area contributed by atoms with Gasteiger partial charge >= 0.3 is 5.97 Å². The van der Waals surface area contributed by atoms with Gasteiger partial charge in [-0.25, -0.2) is 0 Å². The summed E-state index contributed by atoms with van der Waals surface area (Å²) in [5.41, 5.74) is 0. The van der Waals surface area contributed by atoms with Crippen LogP contribution < -0.4 is 10.6 Å². The molecule has 1 atom stereocenters. The maximum absolute atomic E-state index is 12.5. The molecule has 1 unspecified atom stereocenters. The zero-order valence-corrected chi connectivity index (χ0v) is 13.0. The summed E-state index contributed by atoms with van der Waals surface area (Å²) < 4.78 is 4.66. The van der Waals surface area contributed by atoms with E-state index in [4.69, 9.17) is 0 Å². The van der Waals surface area contributed by atoms with Gasteiger partial charge < -0.3 is 15.0 Å². The first-order chi connectivity index (χ1) is 10.0. The van der Waals surface area contributed by atoms with Crippen LogP contribution in [-0.4, -0.2) is 62.0 Å². The number of ether oxygens (including phenoxy) is 1. The lowest BCUT2D eigenvalue weighted by atomic mass is 10.0. The number of nitrogens with zero attached hydrogens (tertiary/aromatic N) is 1. The molecule has 7 nitrogen and oxygen atoms in total. The molecule has 21 heavy (non-hydrogen) atoms. The highest BCUT2D eigenvalue weighted by atomic mass is 16.5. The number of hydrogen-bond donors (Lipinski definition) is 2. The van der Waals surface area contributed by atoms with E-state index in [9.17, 15) is 14.4 Å². The summed E-state index contributed by atoms with van der Waals surface area (Å²) in [5, 5.41) is 5.55. The Morgan fingerprint density at radius 2 is 2.05 bits per heavy atom. The van der Waals surface area contributed by atoms with Crippen LogP contribution in [0.2, 0.25) is 0 Å². The van der Waals surface area contributed by atoms with Crippen LogP contribution >= 0.6 is 0 Å². The molecule has 1 heterocycles. The lowest BCUT2D eigenvalue weighted by molar-refractivity contribution is -0.148. The average molecular weight is 299 g/mol. The fourth-order valence-corrected chi connectivity index (χ4v) is 2.27. The first-order valence-corrected chi connectivity index (χ1v) is 7.37. The van der Waals surface area contributed by atoms with E-state index < -0.39 is 12.0 Å². The molecular formula is C14H25N3O4. The van der Waals surface area contributed by atoms with Crippen molar-refractivity contribution in [3.63, 3.8) is 0 Å². The summed E-state index contributed by atoms with van der Waals surface area (Å²) >= 11 is 0. The normalized spacial score (nSPS) is 18.3. The minimum Gasteiger partial charge on any atom is -0.468 e. The minimum absolute atomic E-state index is 0.0576. The standard InChI is InChI=1S/C14H25N3O4/c1-4-10(5-2)8-17(9-13(19)21-3)14(20)11-6-16-12(18)7-15-11/h10-11,15H,4-9H2,1-3H3,(H,16,18). The Labute approximate surface area is 125 Å². The van der Waals surface area contributed by atoms with Gasteiger partial charge in [-0.05, 0) is 5.92 Å². The van der Waals surface area contributed by atoms with E-state index in [0.29, 0.717) is 12.5 Å². The summed E-state index contributed by atoms with van der Waals surface area (Å²) in [4.78, 5) is 36.7. The van der Waals surface area contributed by atoms with Gasteiger partial charge in [-0.1, -0.05) is 26.7 Å². The van der Waals surface area contributed by atoms with Crippen molar-refractivity contribution in [2.75, 3.05) is 33.3 Å². The number of carbonyl (C=O) groups excluding carboxylic acids is 3. The molecule has 0 spiro atoms. The summed E-state index contributed by atoms with van der Waals surface area (Å²) in [6, 6.07) is -0.485. The predicted molar refractivity (Wildman–Crippen MR) is 77.5 cm³/mol. The van der Waals surface area contributed by atoms with Crippen molar-refractivity contribution in [1.82, 2.24) is 15.5 Å². The fraction of sp³-hybridized carbons (Fsp3) is 0.786. The highest BCUT2D eigenvalue weighted by Crippen LogP contribution is 2.11. The van der Waals surface area contributed by atoms with E-state index in [0.717, 1.165) is 12.8 Å². The Hall–Kier alpha value is -1.63. The number of methoxy groups -OCH3 is 1. The van der Waals surface area contributed by atoms with Crippen molar-refractivity contribution in [1.29, 1.82) is 0 Å². The van der Waals surface area contributed by atoms with Gasteiger partial charge in [-0.3, -0.25) is 19.7 Å². The van der Waals surface area contributed by atoms with Crippen molar-refractivity contribution in [3.8, 4) is 0 Å². The molecule has 0 aliphatic carbocycles. The Bertz CT molecular complexity index is 372. The Morgan fingerprint density at radius 1 is 1.38 bits per heavy atom. The van der Waals surface area contributed by atoms with E-state index in [1.54, 1.807) is 0 Å². The summed E-state index contributed by atoms with van der Waals surface area (Å²) in [7, 11) is 1.31. The number of hydrogen-bond acceptors (Lipinski definition) is 5. The highest BCUT2D eigenvalue weighted by Gasteiger charge is 2.30. The lowest BCUT2D eigenvalue weighted by Gasteiger charge is -2.31. The second kappa shape index (κ2) is 8.61. The predicted octanol–water partition coefficient (Wildman–Crippen LogP) is -0.488. The first kappa shape index (κ1) is 17.4. The van der Waals surface area contributed by atoms with Crippen molar-refractivity contribution in [2.45, 2.75) is 32.7 Å². The van der Waals surface area contributed by atoms with Crippen LogP contribution in [0.4, 0.5) is 0 Å². The lowest BCUT2D eigenvalue weighted by Crippen LogP contribution is -2.59. The van der Waals surface area contributed by atoms with Crippen molar-refractivity contribution in [2.24, 2.45) is 5.92 Å². The van der Waals surface area contributed by atoms with E-state index >= 15 is 0 Å². The van der Waals surface area contributed by atoms with Crippen LogP contribution in [0, 0.1) is 5.92 Å². The SMILES string of the molecule is CCC(CC)CN(CC(=O)OC)C(=O)C1CNC(=O)CN1. The molecule has 2 N–H and O–H groups in total. The summed E-state index contributed by atoms with van der Waals surface area (Å²) in [6.07, 6.45) is 1.88. The van der Waals surface area contributed by atoms with Gasteiger partial charge in [0.15, 0.2) is 0 Å². The van der Waals surface area contributed by atoms with Crippen LogP contribution in [0.25, 0.3) is 0 Å². The molecule has 1 aliphatic heterocycles. The van der Waals surface area contributed by atoms with Crippen LogP contribution in [0.1, 0.15) is 26.7 Å². The van der Waals surface area contributed by atoms with Gasteiger partial charge in [0.25, 0.3) is 0 Å². The van der Waals surface area contributed by atoms with Gasteiger partial charge in [0.1, 0.15) is 12.6 Å². The highest BCUT2D eigenvalue weighted by molar-refractivity contribution is 5.88. The third kappa shape index (κ3) is 5.34. The molecule has 0 saturated carbocycles. The third-order valence-corrected chi connectivity index (χ3v) is 3.80. The van der Waals surface area contributed by atoms with E-state index in [1.807, 2.05) is 0 Å². The second-order valence-electron chi connectivity index (χ2n) is 5.21. The number of esters is 1. The largest absolute Gasteiger partial charge is 0.468 e. The third-order valence-electron chi connectivity index (χ3n) is 3.80. The molecule has 0 aromatic heterocycles. The molecule has 0 radical (unpaired) electrons. The molecule has 0 aromatic rings. The van der Waals surface area contributed by atoms with Gasteiger partial charge in [0, 0.05) is 13.1 Å². The van der Waals surface area contributed by atoms with Crippen LogP contribution in [0.15, 0.2) is 0 Å². The molecule has 120 valence electrons. The molecule has 0 aromatic carbocycles. The Balaban J connectivity index is 2.71. The van der Waals surface area contributed by atoms with Crippen molar-refractivity contribution >= 4 is 17.8 Å². The first-order valence-electron chi connectivity index (χ1n) is 7.37. The minimum atomic E-state index is -0.485. The fourth-order valence-electron chi connectivity index (χ4n) is 2.27.